The van der Waals surface area contributed by atoms with Crippen LogP contribution in [0.15, 0.2) is 30.4 Å². The van der Waals surface area contributed by atoms with E-state index in [4.69, 9.17) is 4.74 Å². The quantitative estimate of drug-likeness (QED) is 0.775. The summed E-state index contributed by atoms with van der Waals surface area (Å²) in [5.74, 6) is 1.68. The highest BCUT2D eigenvalue weighted by Gasteiger charge is 2.32. The summed E-state index contributed by atoms with van der Waals surface area (Å²) in [6, 6.07) is 5.17. The molecule has 3 heteroatoms. The van der Waals surface area contributed by atoms with Gasteiger partial charge in [0.15, 0.2) is 11.6 Å². The largest absolute Gasteiger partial charge is 0.494 e. The standard InChI is InChI=1S/C16H20FNO/c1-19-16-8-12(6-7-15(16)17)9-18-10-13-4-2-3-5-14(13)11-18/h2-3,6-8,13-14H,4-5,9-11H2,1H3/t13-,14+. The minimum atomic E-state index is -0.287. The second-order valence-electron chi connectivity index (χ2n) is 5.63. The molecule has 2 nitrogen and oxygen atoms in total. The third kappa shape index (κ3) is 2.66. The molecule has 0 N–H and O–H groups in total. The lowest BCUT2D eigenvalue weighted by molar-refractivity contribution is 0.312. The Morgan fingerprint density at radius 1 is 1.21 bits per heavy atom. The topological polar surface area (TPSA) is 12.5 Å². The van der Waals surface area contributed by atoms with Crippen molar-refractivity contribution < 1.29 is 9.13 Å². The number of rotatable bonds is 3. The van der Waals surface area contributed by atoms with Crippen LogP contribution >= 0.6 is 0 Å². The summed E-state index contributed by atoms with van der Waals surface area (Å²) in [6.45, 7) is 3.22. The highest BCUT2D eigenvalue weighted by Crippen LogP contribution is 2.33. The SMILES string of the molecule is COc1cc(CN2C[C@H]3CC=CC[C@H]3C2)ccc1F. The molecule has 0 spiro atoms. The molecule has 102 valence electrons. The van der Waals surface area contributed by atoms with Crippen molar-refractivity contribution in [2.45, 2.75) is 19.4 Å². The zero-order chi connectivity index (χ0) is 13.2. The average Bonchev–Trinajstić information content (AvgIpc) is 2.83. The first-order valence-electron chi connectivity index (χ1n) is 6.96. The van der Waals surface area contributed by atoms with Crippen LogP contribution < -0.4 is 4.74 Å². The van der Waals surface area contributed by atoms with Crippen LogP contribution in [-0.2, 0) is 6.54 Å². The first-order chi connectivity index (χ1) is 9.26. The first kappa shape index (κ1) is 12.7. The lowest BCUT2D eigenvalue weighted by atomic mass is 9.86. The summed E-state index contributed by atoms with van der Waals surface area (Å²) in [5.41, 5.74) is 1.13. The van der Waals surface area contributed by atoms with Gasteiger partial charge in [0.25, 0.3) is 0 Å². The second kappa shape index (κ2) is 5.33. The van der Waals surface area contributed by atoms with Crippen LogP contribution in [0.1, 0.15) is 18.4 Å². The monoisotopic (exact) mass is 261 g/mol. The van der Waals surface area contributed by atoms with Crippen molar-refractivity contribution in [1.29, 1.82) is 0 Å². The zero-order valence-electron chi connectivity index (χ0n) is 11.3. The van der Waals surface area contributed by atoms with Crippen LogP contribution in [0, 0.1) is 17.7 Å². The molecule has 0 saturated carbocycles. The van der Waals surface area contributed by atoms with Gasteiger partial charge in [0.05, 0.1) is 7.11 Å². The van der Waals surface area contributed by atoms with Gasteiger partial charge >= 0.3 is 0 Å². The van der Waals surface area contributed by atoms with E-state index in [0.717, 1.165) is 37.0 Å². The summed E-state index contributed by atoms with van der Waals surface area (Å²) in [4.78, 5) is 2.48. The van der Waals surface area contributed by atoms with Crippen molar-refractivity contribution in [2.24, 2.45) is 11.8 Å². The van der Waals surface area contributed by atoms with E-state index >= 15 is 0 Å². The molecule has 1 aromatic carbocycles. The van der Waals surface area contributed by atoms with Gasteiger partial charge in [-0.05, 0) is 42.4 Å². The summed E-state index contributed by atoms with van der Waals surface area (Å²) in [5, 5.41) is 0. The van der Waals surface area contributed by atoms with Crippen molar-refractivity contribution in [2.75, 3.05) is 20.2 Å². The number of benzene rings is 1. The van der Waals surface area contributed by atoms with Crippen molar-refractivity contribution in [3.63, 3.8) is 0 Å². The molecule has 1 heterocycles. The van der Waals surface area contributed by atoms with Crippen LogP contribution in [0.5, 0.6) is 5.75 Å². The van der Waals surface area contributed by atoms with Gasteiger partial charge in [0.2, 0.25) is 0 Å². The zero-order valence-corrected chi connectivity index (χ0v) is 11.3. The molecule has 1 fully saturated rings. The number of ether oxygens (including phenoxy) is 1. The van der Waals surface area contributed by atoms with Crippen LogP contribution in [-0.4, -0.2) is 25.1 Å². The van der Waals surface area contributed by atoms with Crippen molar-refractivity contribution >= 4 is 0 Å². The van der Waals surface area contributed by atoms with Crippen molar-refractivity contribution in [3.05, 3.63) is 41.7 Å². The maximum atomic E-state index is 13.4. The molecule has 2 aliphatic rings. The van der Waals surface area contributed by atoms with Gasteiger partial charge in [0.1, 0.15) is 0 Å². The number of halogens is 1. The van der Waals surface area contributed by atoms with E-state index in [1.54, 1.807) is 0 Å². The summed E-state index contributed by atoms with van der Waals surface area (Å²) < 4.78 is 18.4. The molecule has 1 saturated heterocycles. The Balaban J connectivity index is 1.66. The van der Waals surface area contributed by atoms with Crippen LogP contribution in [0.3, 0.4) is 0 Å². The molecular weight excluding hydrogens is 241 g/mol. The van der Waals surface area contributed by atoms with Gasteiger partial charge < -0.3 is 4.74 Å². The minimum absolute atomic E-state index is 0.287. The van der Waals surface area contributed by atoms with E-state index in [2.05, 4.69) is 17.1 Å². The fourth-order valence-corrected chi connectivity index (χ4v) is 3.30. The summed E-state index contributed by atoms with van der Waals surface area (Å²) in [6.07, 6.45) is 7.05. The molecule has 2 atom stereocenters. The van der Waals surface area contributed by atoms with E-state index in [9.17, 15) is 4.39 Å². The Morgan fingerprint density at radius 2 is 1.89 bits per heavy atom. The number of allylic oxidation sites excluding steroid dienone is 2. The third-order valence-corrected chi connectivity index (χ3v) is 4.32. The molecule has 19 heavy (non-hydrogen) atoms. The van der Waals surface area contributed by atoms with Crippen LogP contribution in [0.4, 0.5) is 4.39 Å². The Kier molecular flexibility index (Phi) is 3.56. The number of nitrogens with zero attached hydrogens (tertiary/aromatic N) is 1. The number of fused-ring (bicyclic) bond motifs is 1. The molecule has 0 aromatic heterocycles. The predicted molar refractivity (Wildman–Crippen MR) is 73.6 cm³/mol. The summed E-state index contributed by atoms with van der Waals surface area (Å²) >= 11 is 0. The predicted octanol–water partition coefficient (Wildman–Crippen LogP) is 3.23. The van der Waals surface area contributed by atoms with Crippen molar-refractivity contribution in [3.8, 4) is 5.75 Å². The molecule has 3 rings (SSSR count). The first-order valence-corrected chi connectivity index (χ1v) is 6.96. The minimum Gasteiger partial charge on any atom is -0.494 e. The number of hydrogen-bond acceptors (Lipinski definition) is 2. The number of hydrogen-bond donors (Lipinski definition) is 0. The summed E-state index contributed by atoms with van der Waals surface area (Å²) in [7, 11) is 1.51. The van der Waals surface area contributed by atoms with E-state index in [0.29, 0.717) is 5.75 Å². The van der Waals surface area contributed by atoms with E-state index in [1.165, 1.54) is 26.0 Å². The molecule has 1 aliphatic heterocycles. The maximum absolute atomic E-state index is 13.4. The molecule has 1 aliphatic carbocycles. The second-order valence-corrected chi connectivity index (χ2v) is 5.63. The lowest BCUT2D eigenvalue weighted by Gasteiger charge is -2.18. The number of methoxy groups -OCH3 is 1. The van der Waals surface area contributed by atoms with Gasteiger partial charge in [-0.3, -0.25) is 4.90 Å². The van der Waals surface area contributed by atoms with Gasteiger partial charge in [0, 0.05) is 19.6 Å². The Bertz CT molecular complexity index is 470. The van der Waals surface area contributed by atoms with Gasteiger partial charge in [-0.1, -0.05) is 18.2 Å². The maximum Gasteiger partial charge on any atom is 0.165 e. The highest BCUT2D eigenvalue weighted by molar-refractivity contribution is 5.30. The highest BCUT2D eigenvalue weighted by atomic mass is 19.1. The lowest BCUT2D eigenvalue weighted by Crippen LogP contribution is -2.20. The molecular formula is C16H20FNO. The Labute approximate surface area is 113 Å². The fourth-order valence-electron chi connectivity index (χ4n) is 3.30. The third-order valence-electron chi connectivity index (χ3n) is 4.32. The van der Waals surface area contributed by atoms with E-state index < -0.39 is 0 Å². The smallest absolute Gasteiger partial charge is 0.165 e. The average molecular weight is 261 g/mol. The van der Waals surface area contributed by atoms with Crippen molar-refractivity contribution in [1.82, 2.24) is 4.90 Å². The molecule has 0 bridgehead atoms. The van der Waals surface area contributed by atoms with Crippen LogP contribution in [0.2, 0.25) is 0 Å². The Morgan fingerprint density at radius 3 is 2.53 bits per heavy atom. The fraction of sp³-hybridized carbons (Fsp3) is 0.500. The molecule has 0 unspecified atom stereocenters. The van der Waals surface area contributed by atoms with Gasteiger partial charge in [-0.2, -0.15) is 0 Å². The van der Waals surface area contributed by atoms with E-state index in [-0.39, 0.29) is 5.82 Å². The van der Waals surface area contributed by atoms with Crippen LogP contribution in [0.25, 0.3) is 0 Å². The normalized spacial score (nSPS) is 26.4. The van der Waals surface area contributed by atoms with E-state index in [1.807, 2.05) is 12.1 Å². The molecule has 0 amide bonds. The van der Waals surface area contributed by atoms with Gasteiger partial charge in [-0.25, -0.2) is 4.39 Å². The van der Waals surface area contributed by atoms with Gasteiger partial charge in [-0.15, -0.1) is 0 Å². The Hall–Kier alpha value is -1.35. The molecule has 0 radical (unpaired) electrons. The molecule has 1 aromatic rings. The number of likely N-dealkylation sites (tertiary alicyclic amines) is 1.